The Kier molecular flexibility index (Phi) is 5.53. The van der Waals surface area contributed by atoms with E-state index in [-0.39, 0.29) is 13.2 Å². The van der Waals surface area contributed by atoms with Gasteiger partial charge in [-0.25, -0.2) is 4.79 Å². The molecule has 0 saturated carbocycles. The Balaban J connectivity index is 1.87. The molecule has 5 nitrogen and oxygen atoms in total. The maximum atomic E-state index is 12.9. The molecule has 0 aliphatic carbocycles. The number of halogens is 2. The number of rotatable bonds is 7. The molecule has 0 N–H and O–H groups in total. The van der Waals surface area contributed by atoms with Gasteiger partial charge in [-0.1, -0.05) is 36.4 Å². The van der Waals surface area contributed by atoms with Crippen LogP contribution in [0.5, 0.6) is 5.75 Å². The van der Waals surface area contributed by atoms with Crippen LogP contribution in [0.1, 0.15) is 0 Å². The molecular formula is C14H12F2O5S. The summed E-state index contributed by atoms with van der Waals surface area (Å²) in [6.07, 6.45) is -4.22. The second kappa shape index (κ2) is 7.39. The molecule has 0 fully saturated rings. The van der Waals surface area contributed by atoms with Crippen molar-refractivity contribution in [2.75, 3.05) is 13.2 Å². The summed E-state index contributed by atoms with van der Waals surface area (Å²) in [7, 11) is 0. The molecule has 0 aliphatic heterocycles. The third-order valence-corrected chi connectivity index (χ3v) is 2.78. The third kappa shape index (κ3) is 4.06. The average molecular weight is 330 g/mol. The topological polar surface area (TPSA) is 54.0 Å². The van der Waals surface area contributed by atoms with Crippen LogP contribution in [0.25, 0.3) is 10.8 Å². The van der Waals surface area contributed by atoms with E-state index in [4.69, 9.17) is 4.74 Å². The Labute approximate surface area is 130 Å². The van der Waals surface area contributed by atoms with E-state index in [0.717, 1.165) is 10.8 Å². The van der Waals surface area contributed by atoms with Crippen LogP contribution in [0.2, 0.25) is 0 Å². The van der Waals surface area contributed by atoms with E-state index in [0.29, 0.717) is 5.75 Å². The van der Waals surface area contributed by atoms with Crippen LogP contribution in [0.3, 0.4) is 0 Å². The molecule has 0 spiro atoms. The Bertz CT molecular complexity index is 645. The van der Waals surface area contributed by atoms with Crippen LogP contribution >= 0.6 is 12.9 Å². The van der Waals surface area contributed by atoms with Crippen molar-refractivity contribution < 1.29 is 32.3 Å². The number of fused-ring (bicyclic) bond motifs is 1. The molecule has 0 amide bonds. The molecule has 0 bridgehead atoms. The van der Waals surface area contributed by atoms with Gasteiger partial charge in [-0.05, 0) is 11.5 Å². The molecule has 0 unspecified atom stereocenters. The Morgan fingerprint density at radius 3 is 2.59 bits per heavy atom. The normalized spacial score (nSPS) is 11.4. The van der Waals surface area contributed by atoms with E-state index >= 15 is 0 Å². The second-order valence-corrected chi connectivity index (χ2v) is 4.29. The summed E-state index contributed by atoms with van der Waals surface area (Å²) in [6.45, 7) is -0.453. The Hall–Kier alpha value is -1.90. The smallest absolute Gasteiger partial charge is 0.483 e. The molecule has 2 rings (SSSR count). The van der Waals surface area contributed by atoms with Crippen LogP contribution in [-0.4, -0.2) is 25.3 Å². The van der Waals surface area contributed by atoms with Crippen LogP contribution < -0.4 is 4.74 Å². The lowest BCUT2D eigenvalue weighted by molar-refractivity contribution is -0.369. The fourth-order valence-electron chi connectivity index (χ4n) is 1.77. The summed E-state index contributed by atoms with van der Waals surface area (Å²) in [4.78, 5) is 14.4. The zero-order chi connectivity index (χ0) is 16.0. The molecule has 22 heavy (non-hydrogen) atoms. The van der Waals surface area contributed by atoms with Gasteiger partial charge in [-0.3, -0.25) is 0 Å². The average Bonchev–Trinajstić information content (AvgIpc) is 2.51. The van der Waals surface area contributed by atoms with Crippen molar-refractivity contribution >= 4 is 29.7 Å². The van der Waals surface area contributed by atoms with E-state index in [1.807, 2.05) is 30.3 Å². The molecule has 2 aromatic carbocycles. The number of carbonyl (C=O) groups excluding carboxylic acids is 1. The number of ether oxygens (including phenoxy) is 2. The van der Waals surface area contributed by atoms with E-state index in [2.05, 4.69) is 26.9 Å². The minimum absolute atomic E-state index is 0.0858. The number of hydrogen-bond acceptors (Lipinski definition) is 6. The predicted molar refractivity (Wildman–Crippen MR) is 76.5 cm³/mol. The lowest BCUT2D eigenvalue weighted by atomic mass is 10.1. The summed E-state index contributed by atoms with van der Waals surface area (Å²) in [6, 6.07) is 13.0. The number of alkyl halides is 2. The minimum Gasteiger partial charge on any atom is -0.489 e. The molecule has 0 aliphatic rings. The fourth-order valence-corrected chi connectivity index (χ4v) is 1.87. The van der Waals surface area contributed by atoms with Gasteiger partial charge in [0.05, 0.1) is 0 Å². The zero-order valence-corrected chi connectivity index (χ0v) is 12.1. The standard InChI is InChI=1S/C14H12F2O5S/c15-14(16,20-21-22)13(17)19-9-8-18-12-7-3-5-10-4-1-2-6-11(10)12/h1-7,22H,8-9H2. The first-order chi connectivity index (χ1) is 10.5. The van der Waals surface area contributed by atoms with Gasteiger partial charge in [0.2, 0.25) is 0 Å². The summed E-state index contributed by atoms with van der Waals surface area (Å²) in [5, 5.41) is 1.84. The lowest BCUT2D eigenvalue weighted by Crippen LogP contribution is -2.34. The fraction of sp³-hybridized carbons (Fsp3) is 0.214. The first-order valence-electron chi connectivity index (χ1n) is 6.19. The first-order valence-corrected chi connectivity index (χ1v) is 6.56. The van der Waals surface area contributed by atoms with Gasteiger partial charge < -0.3 is 9.47 Å². The molecule has 8 heteroatoms. The Morgan fingerprint density at radius 2 is 1.82 bits per heavy atom. The van der Waals surface area contributed by atoms with E-state index in [9.17, 15) is 13.6 Å². The number of hydrogen-bond donors (Lipinski definition) is 1. The van der Waals surface area contributed by atoms with Gasteiger partial charge in [-0.2, -0.15) is 13.1 Å². The lowest BCUT2D eigenvalue weighted by Gasteiger charge is -2.13. The van der Waals surface area contributed by atoms with Gasteiger partial charge in [0.15, 0.2) is 0 Å². The highest BCUT2D eigenvalue weighted by Crippen LogP contribution is 2.25. The third-order valence-electron chi connectivity index (χ3n) is 2.70. The predicted octanol–water partition coefficient (Wildman–Crippen LogP) is 3.15. The number of carbonyl (C=O) groups is 1. The van der Waals surface area contributed by atoms with E-state index < -0.39 is 12.1 Å². The van der Waals surface area contributed by atoms with Gasteiger partial charge in [-0.15, -0.1) is 4.89 Å². The van der Waals surface area contributed by atoms with Crippen LogP contribution in [-0.2, 0) is 18.8 Å². The SMILES string of the molecule is O=C(OCCOc1cccc2ccccc12)C(F)(F)OOS. The van der Waals surface area contributed by atoms with Crippen molar-refractivity contribution in [3.63, 3.8) is 0 Å². The van der Waals surface area contributed by atoms with Crippen molar-refractivity contribution in [2.45, 2.75) is 6.11 Å². The van der Waals surface area contributed by atoms with Crippen molar-refractivity contribution in [2.24, 2.45) is 0 Å². The highest BCUT2D eigenvalue weighted by Gasteiger charge is 2.44. The first kappa shape index (κ1) is 16.5. The Morgan fingerprint density at radius 1 is 1.09 bits per heavy atom. The second-order valence-electron chi connectivity index (χ2n) is 4.14. The number of thiol groups is 1. The molecule has 118 valence electrons. The molecule has 0 heterocycles. The number of benzene rings is 2. The molecule has 0 aromatic heterocycles. The van der Waals surface area contributed by atoms with Gasteiger partial charge in [0.1, 0.15) is 19.0 Å². The monoisotopic (exact) mass is 330 g/mol. The van der Waals surface area contributed by atoms with Gasteiger partial charge in [0, 0.05) is 18.3 Å². The van der Waals surface area contributed by atoms with Crippen molar-refractivity contribution in [1.29, 1.82) is 0 Å². The summed E-state index contributed by atoms with van der Waals surface area (Å²) in [5.74, 6) is -1.32. The molecule has 0 radical (unpaired) electrons. The largest absolute Gasteiger partial charge is 0.489 e. The van der Waals surface area contributed by atoms with E-state index in [1.54, 1.807) is 12.1 Å². The zero-order valence-electron chi connectivity index (χ0n) is 11.2. The molecular weight excluding hydrogens is 318 g/mol. The van der Waals surface area contributed by atoms with Crippen LogP contribution in [0.15, 0.2) is 42.5 Å². The van der Waals surface area contributed by atoms with Gasteiger partial charge in [0.25, 0.3) is 0 Å². The van der Waals surface area contributed by atoms with Crippen LogP contribution in [0, 0.1) is 0 Å². The summed E-state index contributed by atoms with van der Waals surface area (Å²) >= 11 is 2.97. The molecule has 2 aromatic rings. The molecule has 0 atom stereocenters. The summed E-state index contributed by atoms with van der Waals surface area (Å²) in [5.41, 5.74) is 0. The van der Waals surface area contributed by atoms with Crippen LogP contribution in [0.4, 0.5) is 8.78 Å². The maximum absolute atomic E-state index is 12.9. The van der Waals surface area contributed by atoms with Crippen molar-refractivity contribution in [1.82, 2.24) is 0 Å². The minimum atomic E-state index is -4.22. The van der Waals surface area contributed by atoms with E-state index in [1.165, 1.54) is 0 Å². The highest BCUT2D eigenvalue weighted by molar-refractivity contribution is 7.74. The maximum Gasteiger partial charge on any atom is 0.483 e. The van der Waals surface area contributed by atoms with Gasteiger partial charge >= 0.3 is 12.1 Å². The quantitative estimate of drug-likeness (QED) is 0.211. The molecule has 0 saturated heterocycles. The van der Waals surface area contributed by atoms with Crippen molar-refractivity contribution in [3.05, 3.63) is 42.5 Å². The number of esters is 1. The highest BCUT2D eigenvalue weighted by atomic mass is 32.1. The summed E-state index contributed by atoms with van der Waals surface area (Å²) < 4.78 is 39.0. The van der Waals surface area contributed by atoms with Crippen molar-refractivity contribution in [3.8, 4) is 5.75 Å².